The summed E-state index contributed by atoms with van der Waals surface area (Å²) in [5.74, 6) is 0.497. The summed E-state index contributed by atoms with van der Waals surface area (Å²) in [4.78, 5) is 12.0. The third kappa shape index (κ3) is 5.85. The molecule has 0 aromatic heterocycles. The molecule has 136 valence electrons. The van der Waals surface area contributed by atoms with Crippen molar-refractivity contribution in [2.75, 3.05) is 6.54 Å². The highest BCUT2D eigenvalue weighted by Gasteiger charge is 2.26. The van der Waals surface area contributed by atoms with E-state index in [4.69, 9.17) is 0 Å². The van der Waals surface area contributed by atoms with Gasteiger partial charge in [0.15, 0.2) is 0 Å². The highest BCUT2D eigenvalue weighted by atomic mass is 16.3. The second-order valence-electron chi connectivity index (χ2n) is 8.74. The minimum Gasteiger partial charge on any atom is -0.507 e. The van der Waals surface area contributed by atoms with E-state index in [0.717, 1.165) is 36.1 Å². The van der Waals surface area contributed by atoms with Gasteiger partial charge in [0, 0.05) is 13.0 Å². The fourth-order valence-electron chi connectivity index (χ4n) is 2.73. The summed E-state index contributed by atoms with van der Waals surface area (Å²) >= 11 is 0. The molecule has 0 saturated heterocycles. The van der Waals surface area contributed by atoms with Crippen LogP contribution in [0.1, 0.15) is 84.4 Å². The van der Waals surface area contributed by atoms with Gasteiger partial charge in [0.25, 0.3) is 0 Å². The number of hydrogen-bond acceptors (Lipinski definition) is 2. The number of carbonyl (C=O) groups excluding carboxylic acids is 1. The normalized spacial score (nSPS) is 12.3. The maximum absolute atomic E-state index is 12.0. The molecule has 0 saturated carbocycles. The summed E-state index contributed by atoms with van der Waals surface area (Å²) in [7, 11) is 0. The lowest BCUT2D eigenvalue weighted by molar-refractivity contribution is -0.121. The summed E-state index contributed by atoms with van der Waals surface area (Å²) in [6, 6.07) is 4.12. The summed E-state index contributed by atoms with van der Waals surface area (Å²) in [6.07, 6.45) is 3.29. The fraction of sp³-hybridized carbons (Fsp3) is 0.667. The Bertz CT molecular complexity index is 527. The number of aryl methyl sites for hydroxylation is 1. The van der Waals surface area contributed by atoms with Gasteiger partial charge >= 0.3 is 0 Å². The number of benzene rings is 1. The van der Waals surface area contributed by atoms with Gasteiger partial charge in [-0.2, -0.15) is 0 Å². The van der Waals surface area contributed by atoms with Crippen LogP contribution in [0.2, 0.25) is 0 Å². The quantitative estimate of drug-likeness (QED) is 0.732. The Morgan fingerprint density at radius 1 is 1.04 bits per heavy atom. The predicted molar refractivity (Wildman–Crippen MR) is 102 cm³/mol. The third-order valence-electron chi connectivity index (χ3n) is 4.28. The Morgan fingerprint density at radius 2 is 1.54 bits per heavy atom. The van der Waals surface area contributed by atoms with Crippen LogP contribution in [0.25, 0.3) is 0 Å². The minimum absolute atomic E-state index is 0.103. The molecule has 1 rings (SSSR count). The molecule has 0 aliphatic rings. The van der Waals surface area contributed by atoms with Crippen molar-refractivity contribution in [1.29, 1.82) is 0 Å². The molecule has 24 heavy (non-hydrogen) atoms. The van der Waals surface area contributed by atoms with E-state index in [1.807, 2.05) is 0 Å². The largest absolute Gasteiger partial charge is 0.507 e. The molecule has 0 fully saturated rings. The fourth-order valence-corrected chi connectivity index (χ4v) is 2.73. The molecule has 0 aliphatic heterocycles. The molecule has 0 spiro atoms. The first kappa shape index (κ1) is 20.5. The van der Waals surface area contributed by atoms with Crippen LogP contribution < -0.4 is 5.32 Å². The molecule has 0 unspecified atom stereocenters. The van der Waals surface area contributed by atoms with Crippen LogP contribution in [-0.2, 0) is 22.0 Å². The summed E-state index contributed by atoms with van der Waals surface area (Å²) in [5.41, 5.74) is 2.76. The average molecular weight is 334 g/mol. The zero-order valence-electron chi connectivity index (χ0n) is 16.5. The molecule has 0 bridgehead atoms. The Labute approximate surface area is 147 Å². The number of rotatable bonds is 6. The van der Waals surface area contributed by atoms with Gasteiger partial charge in [0.05, 0.1) is 0 Å². The zero-order chi connectivity index (χ0) is 18.5. The van der Waals surface area contributed by atoms with Crippen molar-refractivity contribution in [3.8, 4) is 5.75 Å². The molecule has 0 heterocycles. The van der Waals surface area contributed by atoms with Gasteiger partial charge in [-0.1, -0.05) is 67.0 Å². The molecule has 3 heteroatoms. The van der Waals surface area contributed by atoms with E-state index < -0.39 is 0 Å². The Balaban J connectivity index is 3.01. The van der Waals surface area contributed by atoms with Crippen molar-refractivity contribution in [3.05, 3.63) is 28.8 Å². The standard InChI is InChI=1S/C21H35NO2/c1-8-9-12-22-18(23)11-10-15-13-16(20(2,3)4)19(24)17(14-15)21(5,6)7/h13-14,24H,8-12H2,1-7H3,(H,22,23). The van der Waals surface area contributed by atoms with Crippen LogP contribution in [0.3, 0.4) is 0 Å². The molecule has 3 nitrogen and oxygen atoms in total. The number of aromatic hydroxyl groups is 1. The lowest BCUT2D eigenvalue weighted by atomic mass is 9.78. The maximum Gasteiger partial charge on any atom is 0.220 e. The van der Waals surface area contributed by atoms with E-state index in [1.54, 1.807) is 0 Å². The molecule has 2 N–H and O–H groups in total. The van der Waals surface area contributed by atoms with Gasteiger partial charge in [-0.15, -0.1) is 0 Å². The van der Waals surface area contributed by atoms with E-state index in [-0.39, 0.29) is 16.7 Å². The van der Waals surface area contributed by atoms with E-state index >= 15 is 0 Å². The van der Waals surface area contributed by atoms with Gasteiger partial charge in [0.1, 0.15) is 5.75 Å². The second kappa shape index (κ2) is 8.04. The number of phenols is 1. The minimum atomic E-state index is -0.135. The monoisotopic (exact) mass is 333 g/mol. The van der Waals surface area contributed by atoms with Crippen LogP contribution in [0.15, 0.2) is 12.1 Å². The highest BCUT2D eigenvalue weighted by Crippen LogP contribution is 2.39. The predicted octanol–water partition coefficient (Wildman–Crippen LogP) is 4.84. The number of phenolic OH excluding ortho intramolecular Hbond substituents is 1. The number of hydrogen-bond donors (Lipinski definition) is 2. The van der Waals surface area contributed by atoms with Gasteiger partial charge < -0.3 is 10.4 Å². The lowest BCUT2D eigenvalue weighted by Gasteiger charge is -2.28. The number of amides is 1. The number of carbonyl (C=O) groups is 1. The van der Waals surface area contributed by atoms with E-state index in [9.17, 15) is 9.90 Å². The molecular formula is C21H35NO2. The molecule has 1 aromatic rings. The van der Waals surface area contributed by atoms with Gasteiger partial charge in [-0.3, -0.25) is 4.79 Å². The smallest absolute Gasteiger partial charge is 0.220 e. The molecule has 1 amide bonds. The maximum atomic E-state index is 12.0. The van der Waals surface area contributed by atoms with Crippen LogP contribution in [0, 0.1) is 0 Å². The van der Waals surface area contributed by atoms with Crippen LogP contribution in [0.5, 0.6) is 5.75 Å². The summed E-state index contributed by atoms with van der Waals surface area (Å²) < 4.78 is 0. The van der Waals surface area contributed by atoms with Crippen LogP contribution >= 0.6 is 0 Å². The molecule has 1 aromatic carbocycles. The average Bonchev–Trinajstić information content (AvgIpc) is 2.44. The second-order valence-corrected chi connectivity index (χ2v) is 8.74. The SMILES string of the molecule is CCCCNC(=O)CCc1cc(C(C)(C)C)c(O)c(C(C)(C)C)c1. The van der Waals surface area contributed by atoms with Crippen LogP contribution in [-0.4, -0.2) is 17.6 Å². The topological polar surface area (TPSA) is 49.3 Å². The number of nitrogens with one attached hydrogen (secondary N) is 1. The van der Waals surface area contributed by atoms with Crippen molar-refractivity contribution in [2.24, 2.45) is 0 Å². The molecular weight excluding hydrogens is 298 g/mol. The van der Waals surface area contributed by atoms with Crippen molar-refractivity contribution in [2.45, 2.75) is 85.0 Å². The molecule has 0 aliphatic carbocycles. The first-order valence-corrected chi connectivity index (χ1v) is 9.10. The Hall–Kier alpha value is -1.51. The van der Waals surface area contributed by atoms with Crippen LogP contribution in [0.4, 0.5) is 0 Å². The zero-order valence-corrected chi connectivity index (χ0v) is 16.5. The van der Waals surface area contributed by atoms with Crippen molar-refractivity contribution in [1.82, 2.24) is 5.32 Å². The van der Waals surface area contributed by atoms with Gasteiger partial charge in [-0.25, -0.2) is 0 Å². The van der Waals surface area contributed by atoms with Crippen molar-refractivity contribution >= 4 is 5.91 Å². The van der Waals surface area contributed by atoms with E-state index in [1.165, 1.54) is 0 Å². The third-order valence-corrected chi connectivity index (χ3v) is 4.28. The van der Waals surface area contributed by atoms with Gasteiger partial charge in [0.2, 0.25) is 5.91 Å². The molecule has 0 radical (unpaired) electrons. The number of unbranched alkanes of at least 4 members (excludes halogenated alkanes) is 1. The Kier molecular flexibility index (Phi) is 6.88. The first-order valence-electron chi connectivity index (χ1n) is 9.10. The molecule has 0 atom stereocenters. The van der Waals surface area contributed by atoms with E-state index in [2.05, 4.69) is 65.9 Å². The van der Waals surface area contributed by atoms with Gasteiger partial charge in [-0.05, 0) is 40.4 Å². The Morgan fingerprint density at radius 3 is 1.96 bits per heavy atom. The lowest BCUT2D eigenvalue weighted by Crippen LogP contribution is -2.24. The van der Waals surface area contributed by atoms with Crippen molar-refractivity contribution < 1.29 is 9.90 Å². The summed E-state index contributed by atoms with van der Waals surface area (Å²) in [6.45, 7) is 15.5. The highest BCUT2D eigenvalue weighted by molar-refractivity contribution is 5.76. The van der Waals surface area contributed by atoms with Crippen molar-refractivity contribution in [3.63, 3.8) is 0 Å². The van der Waals surface area contributed by atoms with E-state index in [0.29, 0.717) is 18.6 Å². The first-order chi connectivity index (χ1) is 11.0. The summed E-state index contributed by atoms with van der Waals surface area (Å²) in [5, 5.41) is 13.7.